The van der Waals surface area contributed by atoms with Gasteiger partial charge in [-0.2, -0.15) is 9.49 Å². The highest BCUT2D eigenvalue weighted by molar-refractivity contribution is 5.92. The molecule has 0 radical (unpaired) electrons. The number of carbonyl (C=O) groups excluding carboxylic acids is 1. The van der Waals surface area contributed by atoms with E-state index in [1.807, 2.05) is 22.7 Å². The van der Waals surface area contributed by atoms with E-state index in [-0.39, 0.29) is 5.69 Å². The summed E-state index contributed by atoms with van der Waals surface area (Å²) in [6.45, 7) is 3.65. The minimum Gasteiger partial charge on any atom is -0.365 e. The molecule has 30 heavy (non-hydrogen) atoms. The standard InChI is InChI=1S/C19H24FN9O/c1-21-18(30)14-3-4-15(17(20)24-14)29-9-7-28(8-10-29)12-13-11-16(26-27(13)2)25-19-22-5-6-23-19/h3-6,11H,7-10,12H2,1-2H3,(H,21,30)(H2,22,23,25,26). The molecule has 3 N–H and O–H groups in total. The molecule has 0 bridgehead atoms. The van der Waals surface area contributed by atoms with Gasteiger partial charge in [0.2, 0.25) is 11.9 Å². The second-order valence-corrected chi connectivity index (χ2v) is 7.06. The first-order valence-corrected chi connectivity index (χ1v) is 9.68. The molecule has 1 aliphatic heterocycles. The fraction of sp³-hybridized carbons (Fsp3) is 0.368. The number of rotatable bonds is 6. The number of anilines is 3. The summed E-state index contributed by atoms with van der Waals surface area (Å²) in [6.07, 6.45) is 3.42. The van der Waals surface area contributed by atoms with Gasteiger partial charge in [-0.15, -0.1) is 0 Å². The third kappa shape index (κ3) is 4.25. The molecule has 10 nitrogen and oxygen atoms in total. The fourth-order valence-corrected chi connectivity index (χ4v) is 3.46. The summed E-state index contributed by atoms with van der Waals surface area (Å²) >= 11 is 0. The number of aromatic amines is 1. The van der Waals surface area contributed by atoms with Gasteiger partial charge >= 0.3 is 0 Å². The number of H-pyrrole nitrogens is 1. The van der Waals surface area contributed by atoms with Crippen molar-refractivity contribution >= 4 is 23.4 Å². The lowest BCUT2D eigenvalue weighted by Gasteiger charge is -2.35. The Morgan fingerprint density at radius 2 is 2.07 bits per heavy atom. The molecule has 1 amide bonds. The highest BCUT2D eigenvalue weighted by Crippen LogP contribution is 2.21. The maximum atomic E-state index is 14.4. The van der Waals surface area contributed by atoms with Crippen molar-refractivity contribution < 1.29 is 9.18 Å². The molecule has 0 unspecified atom stereocenters. The lowest BCUT2D eigenvalue weighted by molar-refractivity contribution is 0.0957. The van der Waals surface area contributed by atoms with Crippen LogP contribution in [-0.2, 0) is 13.6 Å². The molecule has 3 aromatic rings. The lowest BCUT2D eigenvalue weighted by atomic mass is 10.2. The van der Waals surface area contributed by atoms with Crippen LogP contribution >= 0.6 is 0 Å². The van der Waals surface area contributed by atoms with Gasteiger partial charge in [-0.3, -0.25) is 14.4 Å². The van der Waals surface area contributed by atoms with E-state index in [2.05, 4.69) is 35.6 Å². The Kier molecular flexibility index (Phi) is 5.61. The molecule has 0 aromatic carbocycles. The minimum atomic E-state index is -0.621. The van der Waals surface area contributed by atoms with E-state index in [0.717, 1.165) is 31.1 Å². The van der Waals surface area contributed by atoms with E-state index in [1.165, 1.54) is 7.05 Å². The highest BCUT2D eigenvalue weighted by atomic mass is 19.1. The van der Waals surface area contributed by atoms with Crippen LogP contribution in [0.15, 0.2) is 30.6 Å². The van der Waals surface area contributed by atoms with Crippen molar-refractivity contribution in [1.29, 1.82) is 0 Å². The Morgan fingerprint density at radius 3 is 2.73 bits per heavy atom. The van der Waals surface area contributed by atoms with Gasteiger partial charge < -0.3 is 20.5 Å². The molecule has 11 heteroatoms. The summed E-state index contributed by atoms with van der Waals surface area (Å²) in [6, 6.07) is 5.17. The molecule has 1 saturated heterocycles. The Hall–Kier alpha value is -3.47. The number of hydrogen-bond acceptors (Lipinski definition) is 7. The van der Waals surface area contributed by atoms with Crippen molar-refractivity contribution in [1.82, 2.24) is 34.9 Å². The van der Waals surface area contributed by atoms with Crippen LogP contribution in [0.1, 0.15) is 16.2 Å². The highest BCUT2D eigenvalue weighted by Gasteiger charge is 2.22. The fourth-order valence-electron chi connectivity index (χ4n) is 3.46. The maximum absolute atomic E-state index is 14.4. The molecule has 4 heterocycles. The zero-order valence-electron chi connectivity index (χ0n) is 16.9. The number of aromatic nitrogens is 5. The zero-order valence-corrected chi connectivity index (χ0v) is 16.9. The molecular formula is C19H24FN9O. The largest absolute Gasteiger partial charge is 0.365 e. The van der Waals surface area contributed by atoms with Crippen LogP contribution < -0.4 is 15.5 Å². The van der Waals surface area contributed by atoms with Crippen molar-refractivity contribution in [2.45, 2.75) is 6.54 Å². The first kappa shape index (κ1) is 19.8. The zero-order chi connectivity index (χ0) is 21.1. The smallest absolute Gasteiger partial charge is 0.269 e. The molecule has 0 saturated carbocycles. The van der Waals surface area contributed by atoms with Crippen LogP contribution in [0.4, 0.5) is 21.8 Å². The summed E-state index contributed by atoms with van der Waals surface area (Å²) in [5.41, 5.74) is 1.57. The van der Waals surface area contributed by atoms with E-state index in [0.29, 0.717) is 24.7 Å². The quantitative estimate of drug-likeness (QED) is 0.520. The van der Waals surface area contributed by atoms with Crippen LogP contribution in [-0.4, -0.2) is 68.8 Å². The second-order valence-electron chi connectivity index (χ2n) is 7.06. The summed E-state index contributed by atoms with van der Waals surface area (Å²) in [7, 11) is 3.40. The van der Waals surface area contributed by atoms with Gasteiger partial charge in [0.1, 0.15) is 5.69 Å². The van der Waals surface area contributed by atoms with Crippen molar-refractivity contribution in [2.75, 3.05) is 43.4 Å². The van der Waals surface area contributed by atoms with Crippen LogP contribution in [0.3, 0.4) is 0 Å². The maximum Gasteiger partial charge on any atom is 0.269 e. The molecule has 0 spiro atoms. The Labute approximate surface area is 173 Å². The average molecular weight is 413 g/mol. The Balaban J connectivity index is 1.35. The van der Waals surface area contributed by atoms with Gasteiger partial charge in [0.25, 0.3) is 5.91 Å². The van der Waals surface area contributed by atoms with Crippen LogP contribution in [0.2, 0.25) is 0 Å². The van der Waals surface area contributed by atoms with Gasteiger partial charge in [-0.1, -0.05) is 0 Å². The van der Waals surface area contributed by atoms with E-state index in [1.54, 1.807) is 24.5 Å². The number of halogens is 1. The van der Waals surface area contributed by atoms with E-state index >= 15 is 0 Å². The van der Waals surface area contributed by atoms with Crippen molar-refractivity contribution in [3.63, 3.8) is 0 Å². The third-order valence-electron chi connectivity index (χ3n) is 5.11. The Morgan fingerprint density at radius 1 is 1.27 bits per heavy atom. The number of imidazole rings is 1. The predicted molar refractivity (Wildman–Crippen MR) is 110 cm³/mol. The van der Waals surface area contributed by atoms with Gasteiger partial charge in [-0.05, 0) is 12.1 Å². The molecule has 3 aromatic heterocycles. The molecule has 1 aliphatic rings. The number of nitrogens with one attached hydrogen (secondary N) is 3. The van der Waals surface area contributed by atoms with E-state index in [4.69, 9.17) is 0 Å². The van der Waals surface area contributed by atoms with Gasteiger partial charge in [0, 0.05) is 65.3 Å². The monoisotopic (exact) mass is 413 g/mol. The van der Waals surface area contributed by atoms with Crippen LogP contribution in [0.5, 0.6) is 0 Å². The van der Waals surface area contributed by atoms with Crippen molar-refractivity contribution in [3.05, 3.63) is 47.9 Å². The summed E-state index contributed by atoms with van der Waals surface area (Å²) < 4.78 is 16.3. The lowest BCUT2D eigenvalue weighted by Crippen LogP contribution is -2.46. The Bertz CT molecular complexity index is 1010. The number of amides is 1. The molecule has 0 atom stereocenters. The molecule has 1 fully saturated rings. The summed E-state index contributed by atoms with van der Waals surface area (Å²) in [5, 5.41) is 10.1. The number of carbonyl (C=O) groups is 1. The number of hydrogen-bond donors (Lipinski definition) is 3. The van der Waals surface area contributed by atoms with Crippen molar-refractivity contribution in [2.24, 2.45) is 7.05 Å². The second kappa shape index (κ2) is 8.49. The predicted octanol–water partition coefficient (Wildman–Crippen LogP) is 1.10. The number of nitrogens with zero attached hydrogens (tertiary/aromatic N) is 6. The number of piperazine rings is 1. The normalized spacial score (nSPS) is 14.7. The summed E-state index contributed by atoms with van der Waals surface area (Å²) in [5.74, 6) is 0.351. The van der Waals surface area contributed by atoms with Crippen molar-refractivity contribution in [3.8, 4) is 0 Å². The molecule has 158 valence electrons. The number of aryl methyl sites for hydroxylation is 1. The van der Waals surface area contributed by atoms with Gasteiger partial charge in [0.15, 0.2) is 5.82 Å². The average Bonchev–Trinajstić information content (AvgIpc) is 3.38. The van der Waals surface area contributed by atoms with Crippen LogP contribution in [0.25, 0.3) is 0 Å². The summed E-state index contributed by atoms with van der Waals surface area (Å²) in [4.78, 5) is 26.8. The van der Waals surface area contributed by atoms with Gasteiger partial charge in [0.05, 0.1) is 11.4 Å². The SMILES string of the molecule is CNC(=O)c1ccc(N2CCN(Cc3cc(Nc4ncc[nH]4)nn3C)CC2)c(F)n1. The van der Waals surface area contributed by atoms with Gasteiger partial charge in [-0.25, -0.2) is 9.97 Å². The van der Waals surface area contributed by atoms with E-state index in [9.17, 15) is 9.18 Å². The third-order valence-corrected chi connectivity index (χ3v) is 5.11. The molecule has 0 aliphatic carbocycles. The molecule has 4 rings (SSSR count). The van der Waals surface area contributed by atoms with E-state index < -0.39 is 11.9 Å². The first-order chi connectivity index (χ1) is 14.5. The minimum absolute atomic E-state index is 0.0764. The van der Waals surface area contributed by atoms with Crippen LogP contribution in [0, 0.1) is 5.95 Å². The molecular weight excluding hydrogens is 389 g/mol. The number of pyridine rings is 1. The first-order valence-electron chi connectivity index (χ1n) is 9.68. The topological polar surface area (TPSA) is 107 Å².